The lowest BCUT2D eigenvalue weighted by molar-refractivity contribution is -0.140. The first-order valence-electron chi connectivity index (χ1n) is 12.6. The lowest BCUT2D eigenvalue weighted by atomic mass is 10.1. The molecule has 0 heterocycles. The van der Waals surface area contributed by atoms with E-state index in [1.165, 1.54) is 12.0 Å². The molecule has 1 saturated carbocycles. The second-order valence-electron chi connectivity index (χ2n) is 9.62. The number of amides is 2. The van der Waals surface area contributed by atoms with E-state index in [9.17, 15) is 18.0 Å². The monoisotopic (exact) mass is 583 g/mol. The molecule has 0 aromatic heterocycles. The van der Waals surface area contributed by atoms with Crippen molar-refractivity contribution in [2.75, 3.05) is 24.2 Å². The maximum atomic E-state index is 13.9. The van der Waals surface area contributed by atoms with Crippen LogP contribution >= 0.6 is 23.2 Å². The number of rotatable bonds is 11. The highest BCUT2D eigenvalue weighted by molar-refractivity contribution is 7.92. The largest absolute Gasteiger partial charge is 0.495 e. The Kier molecular flexibility index (Phi) is 10.3. The molecule has 2 aromatic carbocycles. The van der Waals surface area contributed by atoms with E-state index in [2.05, 4.69) is 5.32 Å². The smallest absolute Gasteiger partial charge is 0.244 e. The molecule has 1 N–H and O–H groups in total. The van der Waals surface area contributed by atoms with Gasteiger partial charge in [-0.05, 0) is 61.6 Å². The van der Waals surface area contributed by atoms with Gasteiger partial charge >= 0.3 is 0 Å². The Morgan fingerprint density at radius 3 is 2.39 bits per heavy atom. The molecule has 1 fully saturated rings. The predicted molar refractivity (Wildman–Crippen MR) is 151 cm³/mol. The van der Waals surface area contributed by atoms with Crippen molar-refractivity contribution in [3.8, 4) is 5.75 Å². The van der Waals surface area contributed by atoms with Gasteiger partial charge in [0.15, 0.2) is 0 Å². The van der Waals surface area contributed by atoms with E-state index in [1.54, 1.807) is 36.4 Å². The van der Waals surface area contributed by atoms with E-state index in [4.69, 9.17) is 27.9 Å². The predicted octanol–water partition coefficient (Wildman–Crippen LogP) is 4.94. The van der Waals surface area contributed by atoms with Gasteiger partial charge in [0.05, 0.1) is 19.1 Å². The molecular weight excluding hydrogens is 549 g/mol. The van der Waals surface area contributed by atoms with Crippen LogP contribution in [0.25, 0.3) is 0 Å². The molecular formula is C27H35Cl2N3O5S. The van der Waals surface area contributed by atoms with Crippen molar-refractivity contribution >= 4 is 50.7 Å². The quantitative estimate of drug-likeness (QED) is 0.404. The van der Waals surface area contributed by atoms with Gasteiger partial charge in [0.1, 0.15) is 18.3 Å². The number of ether oxygens (including phenoxy) is 1. The zero-order valence-corrected chi connectivity index (χ0v) is 24.5. The SMILES string of the molecule is CC[C@@H](C(=O)NC1CCCC1)N(Cc1ccc(Cl)cc1Cl)C(=O)CN(c1cc(C)ccc1OC)S(C)(=O)=O. The van der Waals surface area contributed by atoms with Crippen molar-refractivity contribution < 1.29 is 22.7 Å². The molecule has 0 spiro atoms. The molecule has 38 heavy (non-hydrogen) atoms. The van der Waals surface area contributed by atoms with Gasteiger partial charge in [0.25, 0.3) is 0 Å². The summed E-state index contributed by atoms with van der Waals surface area (Å²) in [7, 11) is -2.46. The fourth-order valence-electron chi connectivity index (χ4n) is 4.71. The van der Waals surface area contributed by atoms with Gasteiger partial charge in [-0.1, -0.05) is 55.1 Å². The van der Waals surface area contributed by atoms with Crippen molar-refractivity contribution in [1.82, 2.24) is 10.2 Å². The number of anilines is 1. The van der Waals surface area contributed by atoms with Gasteiger partial charge in [-0.3, -0.25) is 13.9 Å². The molecule has 1 atom stereocenters. The van der Waals surface area contributed by atoms with Crippen LogP contribution < -0.4 is 14.4 Å². The molecule has 0 unspecified atom stereocenters. The summed E-state index contributed by atoms with van der Waals surface area (Å²) in [6.07, 6.45) is 5.26. The van der Waals surface area contributed by atoms with Crippen molar-refractivity contribution in [1.29, 1.82) is 0 Å². The average Bonchev–Trinajstić information content (AvgIpc) is 3.35. The van der Waals surface area contributed by atoms with E-state index >= 15 is 0 Å². The van der Waals surface area contributed by atoms with Crippen LogP contribution in [0.3, 0.4) is 0 Å². The molecule has 8 nitrogen and oxygen atoms in total. The van der Waals surface area contributed by atoms with Crippen molar-refractivity contribution in [2.24, 2.45) is 0 Å². The number of sulfonamides is 1. The summed E-state index contributed by atoms with van der Waals surface area (Å²) < 4.78 is 32.2. The Morgan fingerprint density at radius 1 is 1.13 bits per heavy atom. The highest BCUT2D eigenvalue weighted by Gasteiger charge is 2.34. The zero-order valence-electron chi connectivity index (χ0n) is 22.2. The third kappa shape index (κ3) is 7.55. The molecule has 2 amide bonds. The first-order valence-corrected chi connectivity index (χ1v) is 15.2. The van der Waals surface area contributed by atoms with E-state index < -0.39 is 28.5 Å². The summed E-state index contributed by atoms with van der Waals surface area (Å²) in [5.41, 5.74) is 1.64. The molecule has 1 aliphatic rings. The summed E-state index contributed by atoms with van der Waals surface area (Å²) in [6, 6.07) is 9.27. The normalized spacial score (nSPS) is 14.7. The standard InChI is InChI=1S/C27H35Cl2N3O5S/c1-5-23(27(34)30-21-8-6-7-9-21)31(16-19-11-12-20(28)15-22(19)29)26(33)17-32(38(4,35)36)24-14-18(2)10-13-25(24)37-3/h10-15,21,23H,5-9,16-17H2,1-4H3,(H,30,34)/t23-/m0/s1. The van der Waals surface area contributed by atoms with Crippen LogP contribution in [0.5, 0.6) is 5.75 Å². The summed E-state index contributed by atoms with van der Waals surface area (Å²) in [5, 5.41) is 3.87. The molecule has 0 aliphatic heterocycles. The summed E-state index contributed by atoms with van der Waals surface area (Å²) in [5.74, 6) is -0.498. The van der Waals surface area contributed by atoms with Crippen LogP contribution in [0, 0.1) is 6.92 Å². The Hall–Kier alpha value is -2.49. The fourth-order valence-corrected chi connectivity index (χ4v) is 6.02. The number of nitrogens with zero attached hydrogens (tertiary/aromatic N) is 2. The van der Waals surface area contributed by atoms with Crippen LogP contribution in [0.15, 0.2) is 36.4 Å². The molecule has 3 rings (SSSR count). The van der Waals surface area contributed by atoms with Gasteiger partial charge in [-0.2, -0.15) is 0 Å². The first kappa shape index (κ1) is 30.1. The molecule has 2 aromatic rings. The molecule has 208 valence electrons. The van der Waals surface area contributed by atoms with Crippen LogP contribution in [0.4, 0.5) is 5.69 Å². The number of halogens is 2. The van der Waals surface area contributed by atoms with Crippen LogP contribution in [0.1, 0.15) is 50.2 Å². The highest BCUT2D eigenvalue weighted by atomic mass is 35.5. The number of nitrogens with one attached hydrogen (secondary N) is 1. The minimum absolute atomic E-state index is 0.00792. The van der Waals surface area contributed by atoms with Gasteiger partial charge in [-0.15, -0.1) is 0 Å². The van der Waals surface area contributed by atoms with Crippen LogP contribution in [-0.2, 0) is 26.2 Å². The van der Waals surface area contributed by atoms with Gasteiger partial charge < -0.3 is 15.0 Å². The van der Waals surface area contributed by atoms with E-state index in [0.29, 0.717) is 27.8 Å². The number of carbonyl (C=O) groups excluding carboxylic acids is 2. The number of hydrogen-bond donors (Lipinski definition) is 1. The lowest BCUT2D eigenvalue weighted by Crippen LogP contribution is -2.53. The minimum atomic E-state index is -3.89. The van der Waals surface area contributed by atoms with Crippen molar-refractivity contribution in [2.45, 2.75) is 64.6 Å². The van der Waals surface area contributed by atoms with Crippen molar-refractivity contribution in [3.05, 3.63) is 57.6 Å². The molecule has 0 bridgehead atoms. The Bertz CT molecular complexity index is 1270. The number of hydrogen-bond acceptors (Lipinski definition) is 5. The second-order valence-corrected chi connectivity index (χ2v) is 12.4. The third-order valence-corrected chi connectivity index (χ3v) is 8.44. The Labute approximate surface area is 235 Å². The molecule has 0 saturated heterocycles. The summed E-state index contributed by atoms with van der Waals surface area (Å²) in [6.45, 7) is 3.13. The molecule has 0 radical (unpaired) electrons. The second kappa shape index (κ2) is 13.0. The summed E-state index contributed by atoms with van der Waals surface area (Å²) in [4.78, 5) is 28.7. The van der Waals surface area contributed by atoms with E-state index in [1.807, 2.05) is 13.8 Å². The maximum absolute atomic E-state index is 13.9. The number of aryl methyl sites for hydroxylation is 1. The Balaban J connectivity index is 2.00. The van der Waals surface area contributed by atoms with Crippen LogP contribution in [0.2, 0.25) is 10.0 Å². The van der Waals surface area contributed by atoms with Crippen molar-refractivity contribution in [3.63, 3.8) is 0 Å². The van der Waals surface area contributed by atoms with Gasteiger partial charge in [0.2, 0.25) is 21.8 Å². The summed E-state index contributed by atoms with van der Waals surface area (Å²) >= 11 is 12.5. The lowest BCUT2D eigenvalue weighted by Gasteiger charge is -2.34. The molecule has 1 aliphatic carbocycles. The topological polar surface area (TPSA) is 96.0 Å². The fraction of sp³-hybridized carbons (Fsp3) is 0.481. The average molecular weight is 585 g/mol. The first-order chi connectivity index (χ1) is 17.9. The minimum Gasteiger partial charge on any atom is -0.495 e. The van der Waals surface area contributed by atoms with Crippen LogP contribution in [-0.4, -0.2) is 57.1 Å². The molecule has 11 heteroatoms. The third-order valence-electron chi connectivity index (χ3n) is 6.73. The zero-order chi connectivity index (χ0) is 28.0. The maximum Gasteiger partial charge on any atom is 0.244 e. The van der Waals surface area contributed by atoms with E-state index in [0.717, 1.165) is 41.8 Å². The van der Waals surface area contributed by atoms with Gasteiger partial charge in [0, 0.05) is 22.6 Å². The number of benzene rings is 2. The number of methoxy groups -OCH3 is 1. The van der Waals surface area contributed by atoms with Gasteiger partial charge in [-0.25, -0.2) is 8.42 Å². The van der Waals surface area contributed by atoms with E-state index in [-0.39, 0.29) is 24.2 Å². The number of carbonyl (C=O) groups is 2. The Morgan fingerprint density at radius 2 is 1.82 bits per heavy atom. The highest BCUT2D eigenvalue weighted by Crippen LogP contribution is 2.32.